The number of nitrogens with zero attached hydrogens (tertiary/aromatic N) is 1. The van der Waals surface area contributed by atoms with Crippen molar-refractivity contribution in [2.24, 2.45) is 5.92 Å². The van der Waals surface area contributed by atoms with E-state index in [0.29, 0.717) is 25.7 Å². The molecule has 1 aliphatic heterocycles. The Hall–Kier alpha value is -1.92. The summed E-state index contributed by atoms with van der Waals surface area (Å²) in [5.74, 6) is -0.337. The molecule has 0 aromatic heterocycles. The molecule has 0 radical (unpaired) electrons. The van der Waals surface area contributed by atoms with Gasteiger partial charge < -0.3 is 9.47 Å². The molecule has 1 heterocycles. The second-order valence-electron chi connectivity index (χ2n) is 9.82. The van der Waals surface area contributed by atoms with E-state index >= 15 is 0 Å². The van der Waals surface area contributed by atoms with Crippen LogP contribution in [-0.2, 0) is 23.9 Å². The second kappa shape index (κ2) is 12.0. The van der Waals surface area contributed by atoms with E-state index in [1.54, 1.807) is 0 Å². The van der Waals surface area contributed by atoms with Crippen molar-refractivity contribution in [1.29, 1.82) is 0 Å². The number of carbonyl (C=O) groups is 2. The minimum absolute atomic E-state index is 0.0796. The number of methoxy groups -OCH3 is 1. The summed E-state index contributed by atoms with van der Waals surface area (Å²) in [7, 11) is 1.38. The lowest BCUT2D eigenvalue weighted by molar-refractivity contribution is -0.336. The molecule has 6 heteroatoms. The summed E-state index contributed by atoms with van der Waals surface area (Å²) in [6.07, 6.45) is 4.10. The van der Waals surface area contributed by atoms with Crippen LogP contribution in [0.3, 0.4) is 0 Å². The van der Waals surface area contributed by atoms with Gasteiger partial charge in [0.15, 0.2) is 0 Å². The highest BCUT2D eigenvalue weighted by Gasteiger charge is 2.55. The van der Waals surface area contributed by atoms with Crippen LogP contribution in [0.5, 0.6) is 0 Å². The Labute approximate surface area is 199 Å². The lowest BCUT2D eigenvalue weighted by atomic mass is 9.69. The number of esters is 2. The number of carbonyl (C=O) groups excluding carboxylic acids is 2. The van der Waals surface area contributed by atoms with Crippen LogP contribution in [0.25, 0.3) is 0 Å². The molecule has 1 saturated heterocycles. The van der Waals surface area contributed by atoms with Crippen LogP contribution < -0.4 is 0 Å². The van der Waals surface area contributed by atoms with Crippen LogP contribution in [0.2, 0.25) is 0 Å². The smallest absolute Gasteiger partial charge is 0.306 e. The first kappa shape index (κ1) is 27.3. The highest BCUT2D eigenvalue weighted by Crippen LogP contribution is 2.48. The topological polar surface area (TPSA) is 65.1 Å². The minimum Gasteiger partial charge on any atom is -0.469 e. The van der Waals surface area contributed by atoms with Gasteiger partial charge in [0.05, 0.1) is 7.11 Å². The predicted molar refractivity (Wildman–Crippen MR) is 129 cm³/mol. The van der Waals surface area contributed by atoms with Crippen molar-refractivity contribution in [3.8, 4) is 0 Å². The van der Waals surface area contributed by atoms with Crippen molar-refractivity contribution >= 4 is 11.9 Å². The Morgan fingerprint density at radius 2 is 1.67 bits per heavy atom. The van der Waals surface area contributed by atoms with E-state index in [0.717, 1.165) is 24.8 Å². The third-order valence-electron chi connectivity index (χ3n) is 7.67. The van der Waals surface area contributed by atoms with Gasteiger partial charge in [0.1, 0.15) is 12.2 Å². The molecule has 186 valence electrons. The average Bonchev–Trinajstić information content (AvgIpc) is 2.83. The maximum Gasteiger partial charge on any atom is 0.306 e. The van der Waals surface area contributed by atoms with Crippen LogP contribution in [-0.4, -0.2) is 41.3 Å². The zero-order chi connectivity index (χ0) is 24.6. The fraction of sp³-hybridized carbons (Fsp3) is 0.704. The molecule has 0 spiro atoms. The fourth-order valence-corrected chi connectivity index (χ4v) is 4.85. The number of unbranched alkanes of at least 4 members (excludes halogenated alkanes) is 1. The first-order valence-electron chi connectivity index (χ1n) is 12.4. The minimum atomic E-state index is -0.290. The Bertz CT molecular complexity index is 769. The number of hydrogen-bond acceptors (Lipinski definition) is 6. The highest BCUT2D eigenvalue weighted by molar-refractivity contribution is 5.70. The van der Waals surface area contributed by atoms with Crippen molar-refractivity contribution in [1.82, 2.24) is 5.06 Å². The first-order chi connectivity index (χ1) is 15.6. The summed E-state index contributed by atoms with van der Waals surface area (Å²) in [6, 6.07) is 10.3. The number of piperidine rings is 1. The lowest BCUT2D eigenvalue weighted by Gasteiger charge is -2.59. The van der Waals surface area contributed by atoms with Gasteiger partial charge in [0.2, 0.25) is 0 Å². The Morgan fingerprint density at radius 3 is 2.21 bits per heavy atom. The molecule has 0 saturated carbocycles. The molecule has 5 unspecified atom stereocenters. The molecule has 33 heavy (non-hydrogen) atoms. The maximum atomic E-state index is 12.6. The molecule has 1 aromatic carbocycles. The van der Waals surface area contributed by atoms with Gasteiger partial charge in [-0.05, 0) is 52.0 Å². The molecule has 1 fully saturated rings. The van der Waals surface area contributed by atoms with Crippen LogP contribution in [0, 0.1) is 5.92 Å². The van der Waals surface area contributed by atoms with Gasteiger partial charge in [-0.1, -0.05) is 51.1 Å². The molecule has 5 atom stereocenters. The van der Waals surface area contributed by atoms with E-state index in [9.17, 15) is 9.59 Å². The summed E-state index contributed by atoms with van der Waals surface area (Å²) >= 11 is 0. The largest absolute Gasteiger partial charge is 0.469 e. The molecule has 0 amide bonds. The summed E-state index contributed by atoms with van der Waals surface area (Å²) < 4.78 is 10.7. The van der Waals surface area contributed by atoms with Crippen molar-refractivity contribution in [2.75, 3.05) is 7.11 Å². The summed E-state index contributed by atoms with van der Waals surface area (Å²) in [5, 5.41) is 2.21. The number of hydrogen-bond donors (Lipinski definition) is 0. The van der Waals surface area contributed by atoms with Gasteiger partial charge in [-0.15, -0.1) is 0 Å². The van der Waals surface area contributed by atoms with Crippen LogP contribution in [0.15, 0.2) is 30.3 Å². The number of rotatable bonds is 11. The van der Waals surface area contributed by atoms with Gasteiger partial charge in [-0.25, -0.2) is 0 Å². The zero-order valence-corrected chi connectivity index (χ0v) is 21.6. The molecule has 2 rings (SSSR count). The Balaban J connectivity index is 2.12. The van der Waals surface area contributed by atoms with Crippen LogP contribution in [0.4, 0.5) is 0 Å². The number of benzene rings is 1. The number of hydroxylamine groups is 2. The van der Waals surface area contributed by atoms with E-state index in [-0.39, 0.29) is 41.1 Å². The maximum absolute atomic E-state index is 12.6. The molecule has 0 N–H and O–H groups in total. The third-order valence-corrected chi connectivity index (χ3v) is 7.67. The molecule has 1 aromatic rings. The van der Waals surface area contributed by atoms with Crippen LogP contribution >= 0.6 is 0 Å². The standard InChI is InChI=1S/C27H43NO5/c1-8-26(5)19-23(32-25(30)18-14-13-17-24(29)31-7)20(3)27(6,9-2)28(26)33-21(4)22-15-11-10-12-16-22/h10-12,15-16,20-21,23H,8-9,13-14,17-19H2,1-7H3. The monoisotopic (exact) mass is 461 g/mol. The van der Waals surface area contributed by atoms with E-state index < -0.39 is 0 Å². The summed E-state index contributed by atoms with van der Waals surface area (Å²) in [6.45, 7) is 13.0. The average molecular weight is 462 g/mol. The Kier molecular flexibility index (Phi) is 9.92. The van der Waals surface area contributed by atoms with Gasteiger partial charge in [-0.2, -0.15) is 5.06 Å². The van der Waals surface area contributed by atoms with Crippen molar-refractivity contribution in [3.05, 3.63) is 35.9 Å². The lowest BCUT2D eigenvalue weighted by Crippen LogP contribution is -2.68. The van der Waals surface area contributed by atoms with Gasteiger partial charge in [0, 0.05) is 36.3 Å². The first-order valence-corrected chi connectivity index (χ1v) is 12.4. The Morgan fingerprint density at radius 1 is 1.06 bits per heavy atom. The molecule has 0 bridgehead atoms. The predicted octanol–water partition coefficient (Wildman–Crippen LogP) is 6.00. The zero-order valence-electron chi connectivity index (χ0n) is 21.6. The molecule has 1 aliphatic rings. The normalized spacial score (nSPS) is 28.8. The number of ether oxygens (including phenoxy) is 2. The molecule has 6 nitrogen and oxygen atoms in total. The van der Waals surface area contributed by atoms with Gasteiger partial charge in [-0.3, -0.25) is 14.4 Å². The van der Waals surface area contributed by atoms with Crippen molar-refractivity contribution in [2.45, 2.75) is 110 Å². The SMILES string of the molecule is CCC1(C)CC(OC(=O)CCCCC(=O)OC)C(C)C(C)(CC)N1OC(C)c1ccccc1. The quantitative estimate of drug-likeness (QED) is 0.297. The third kappa shape index (κ3) is 6.57. The molecular formula is C27H43NO5. The molecule has 0 aliphatic carbocycles. The summed E-state index contributed by atoms with van der Waals surface area (Å²) in [5.41, 5.74) is 0.584. The molecular weight excluding hydrogens is 418 g/mol. The van der Waals surface area contributed by atoms with E-state index in [1.165, 1.54) is 7.11 Å². The van der Waals surface area contributed by atoms with Crippen LogP contribution in [0.1, 0.15) is 98.2 Å². The van der Waals surface area contributed by atoms with E-state index in [4.69, 9.17) is 9.57 Å². The fourth-order valence-electron chi connectivity index (χ4n) is 4.85. The van der Waals surface area contributed by atoms with E-state index in [2.05, 4.69) is 63.5 Å². The van der Waals surface area contributed by atoms with Crippen molar-refractivity contribution in [3.63, 3.8) is 0 Å². The summed E-state index contributed by atoms with van der Waals surface area (Å²) in [4.78, 5) is 30.6. The van der Waals surface area contributed by atoms with Gasteiger partial charge >= 0.3 is 11.9 Å². The second-order valence-corrected chi connectivity index (χ2v) is 9.82. The van der Waals surface area contributed by atoms with Crippen molar-refractivity contribution < 1.29 is 23.9 Å². The highest BCUT2D eigenvalue weighted by atomic mass is 16.7. The van der Waals surface area contributed by atoms with E-state index in [1.807, 2.05) is 18.2 Å². The van der Waals surface area contributed by atoms with Gasteiger partial charge in [0.25, 0.3) is 0 Å².